The Morgan fingerprint density at radius 3 is 2.73 bits per heavy atom. The summed E-state index contributed by atoms with van der Waals surface area (Å²) in [6.45, 7) is 0. The highest BCUT2D eigenvalue weighted by Crippen LogP contribution is 2.31. The van der Waals surface area contributed by atoms with Gasteiger partial charge in [0.2, 0.25) is 0 Å². The number of nitrogens with two attached hydrogens (primary N) is 1. The zero-order valence-electron chi connectivity index (χ0n) is 14.7. The van der Waals surface area contributed by atoms with Gasteiger partial charge in [-0.1, -0.05) is 0 Å². The first-order chi connectivity index (χ1) is 12.5. The summed E-state index contributed by atoms with van der Waals surface area (Å²) < 4.78 is 18.6. The molecule has 1 fully saturated rings. The smallest absolute Gasteiger partial charge is 0.320 e. The van der Waals surface area contributed by atoms with Crippen LogP contribution in [-0.4, -0.2) is 30.2 Å². The number of ether oxygens (including phenoxy) is 1. The van der Waals surface area contributed by atoms with Crippen LogP contribution in [0.15, 0.2) is 36.5 Å². The molecule has 138 valence electrons. The summed E-state index contributed by atoms with van der Waals surface area (Å²) in [5, 5.41) is 5.71. The van der Waals surface area contributed by atoms with Crippen molar-refractivity contribution in [1.82, 2.24) is 10.3 Å². The number of anilines is 1. The van der Waals surface area contributed by atoms with Gasteiger partial charge < -0.3 is 15.8 Å². The number of hydrogen-bond acceptors (Lipinski definition) is 4. The first-order valence-electron chi connectivity index (χ1n) is 8.68. The van der Waals surface area contributed by atoms with Crippen molar-refractivity contribution in [1.29, 1.82) is 0 Å². The van der Waals surface area contributed by atoms with Gasteiger partial charge >= 0.3 is 6.03 Å². The quantitative estimate of drug-likeness (QED) is 0.782. The first kappa shape index (κ1) is 18.1. The highest BCUT2D eigenvalue weighted by molar-refractivity contribution is 5.89. The Morgan fingerprint density at radius 2 is 2.00 bits per heavy atom. The summed E-state index contributed by atoms with van der Waals surface area (Å²) in [5.41, 5.74) is 7.38. The average molecular weight is 358 g/mol. The van der Waals surface area contributed by atoms with Crippen LogP contribution in [0.2, 0.25) is 0 Å². The van der Waals surface area contributed by atoms with Crippen molar-refractivity contribution in [2.45, 2.75) is 37.8 Å². The minimum Gasteiger partial charge on any atom is -0.496 e. The van der Waals surface area contributed by atoms with E-state index in [1.807, 2.05) is 0 Å². The molecule has 6 nitrogen and oxygen atoms in total. The Bertz CT molecular complexity index is 776. The van der Waals surface area contributed by atoms with Gasteiger partial charge in [-0.25, -0.2) is 14.2 Å². The summed E-state index contributed by atoms with van der Waals surface area (Å²) in [5.74, 6) is 0.466. The number of pyridine rings is 1. The summed E-state index contributed by atoms with van der Waals surface area (Å²) in [6.07, 6.45) is 5.20. The molecule has 1 heterocycles. The lowest BCUT2D eigenvalue weighted by molar-refractivity contribution is 0.242. The summed E-state index contributed by atoms with van der Waals surface area (Å²) in [4.78, 5) is 16.4. The van der Waals surface area contributed by atoms with Gasteiger partial charge in [-0.05, 0) is 55.5 Å². The van der Waals surface area contributed by atoms with E-state index < -0.39 is 0 Å². The van der Waals surface area contributed by atoms with Crippen LogP contribution in [0.4, 0.5) is 15.0 Å². The highest BCUT2D eigenvalue weighted by atomic mass is 19.1. The number of halogens is 1. The Labute approximate surface area is 152 Å². The normalized spacial score (nSPS) is 19.7. The SMILES string of the molecule is COc1cc(F)ccc1-c1ccnc(NC(=O)NC2CCC(N)CC2)c1. The van der Waals surface area contributed by atoms with E-state index >= 15 is 0 Å². The van der Waals surface area contributed by atoms with E-state index in [0.29, 0.717) is 11.6 Å². The van der Waals surface area contributed by atoms with Crippen molar-refractivity contribution in [3.8, 4) is 16.9 Å². The van der Waals surface area contributed by atoms with Crippen molar-refractivity contribution in [2.24, 2.45) is 5.73 Å². The van der Waals surface area contributed by atoms with Crippen LogP contribution in [0.1, 0.15) is 25.7 Å². The number of carbonyl (C=O) groups is 1. The van der Waals surface area contributed by atoms with Crippen LogP contribution in [0, 0.1) is 5.82 Å². The van der Waals surface area contributed by atoms with Gasteiger partial charge in [-0.15, -0.1) is 0 Å². The average Bonchev–Trinajstić information content (AvgIpc) is 2.63. The van der Waals surface area contributed by atoms with E-state index in [9.17, 15) is 9.18 Å². The largest absolute Gasteiger partial charge is 0.496 e. The Hall–Kier alpha value is -2.67. The van der Waals surface area contributed by atoms with Crippen LogP contribution >= 0.6 is 0 Å². The monoisotopic (exact) mass is 358 g/mol. The van der Waals surface area contributed by atoms with Gasteiger partial charge in [0.15, 0.2) is 0 Å². The third kappa shape index (κ3) is 4.49. The standard InChI is InChI=1S/C19H23FN4O2/c1-26-17-11-13(20)2-7-16(17)12-8-9-22-18(10-12)24-19(25)23-15-5-3-14(21)4-6-15/h2,7-11,14-15H,3-6,21H2,1H3,(H2,22,23,24,25). The summed E-state index contributed by atoms with van der Waals surface area (Å²) in [7, 11) is 1.49. The number of nitrogens with zero attached hydrogens (tertiary/aromatic N) is 1. The summed E-state index contributed by atoms with van der Waals surface area (Å²) >= 11 is 0. The van der Waals surface area contributed by atoms with Crippen LogP contribution in [0.5, 0.6) is 5.75 Å². The summed E-state index contributed by atoms with van der Waals surface area (Å²) in [6, 6.07) is 7.91. The molecule has 1 aromatic carbocycles. The third-order valence-electron chi connectivity index (χ3n) is 4.58. The Kier molecular flexibility index (Phi) is 5.68. The van der Waals surface area contributed by atoms with Crippen molar-refractivity contribution in [3.63, 3.8) is 0 Å². The molecular formula is C19H23FN4O2. The molecular weight excluding hydrogens is 335 g/mol. The molecule has 7 heteroatoms. The minimum atomic E-state index is -0.371. The number of carbonyl (C=O) groups excluding carboxylic acids is 1. The molecule has 1 aromatic heterocycles. The molecule has 3 rings (SSSR count). The topological polar surface area (TPSA) is 89.3 Å². The van der Waals surface area contributed by atoms with Crippen LogP contribution < -0.4 is 21.1 Å². The molecule has 1 saturated carbocycles. The fraction of sp³-hybridized carbons (Fsp3) is 0.368. The number of amides is 2. The van der Waals surface area contributed by atoms with E-state index in [1.54, 1.807) is 24.4 Å². The molecule has 0 atom stereocenters. The van der Waals surface area contributed by atoms with Gasteiger partial charge in [0, 0.05) is 29.9 Å². The Balaban J connectivity index is 1.69. The predicted molar refractivity (Wildman–Crippen MR) is 98.6 cm³/mol. The minimum absolute atomic E-state index is 0.134. The van der Waals surface area contributed by atoms with Gasteiger partial charge in [0.25, 0.3) is 0 Å². The molecule has 0 saturated heterocycles. The number of rotatable bonds is 4. The fourth-order valence-corrected chi connectivity index (χ4v) is 3.17. The molecule has 2 amide bonds. The van der Waals surface area contributed by atoms with Gasteiger partial charge in [-0.2, -0.15) is 0 Å². The molecule has 26 heavy (non-hydrogen) atoms. The second kappa shape index (κ2) is 8.14. The number of hydrogen-bond donors (Lipinski definition) is 3. The van der Waals surface area contributed by atoms with Crippen molar-refractivity contribution < 1.29 is 13.9 Å². The first-order valence-corrected chi connectivity index (χ1v) is 8.68. The second-order valence-corrected chi connectivity index (χ2v) is 6.48. The van der Waals surface area contributed by atoms with Crippen molar-refractivity contribution in [3.05, 3.63) is 42.3 Å². The predicted octanol–water partition coefficient (Wildman–Crippen LogP) is 3.29. The molecule has 0 spiro atoms. The molecule has 1 aliphatic rings. The maximum Gasteiger partial charge on any atom is 0.320 e. The molecule has 0 radical (unpaired) electrons. The highest BCUT2D eigenvalue weighted by Gasteiger charge is 2.20. The van der Waals surface area contributed by atoms with Gasteiger partial charge in [0.1, 0.15) is 17.4 Å². The third-order valence-corrected chi connectivity index (χ3v) is 4.58. The second-order valence-electron chi connectivity index (χ2n) is 6.48. The van der Waals surface area contributed by atoms with Crippen LogP contribution in [-0.2, 0) is 0 Å². The maximum absolute atomic E-state index is 13.4. The molecule has 0 unspecified atom stereocenters. The fourth-order valence-electron chi connectivity index (χ4n) is 3.17. The molecule has 1 aliphatic carbocycles. The molecule has 0 aliphatic heterocycles. The van der Waals surface area contributed by atoms with Crippen molar-refractivity contribution >= 4 is 11.8 Å². The van der Waals surface area contributed by atoms with E-state index in [2.05, 4.69) is 15.6 Å². The number of urea groups is 1. The molecule has 4 N–H and O–H groups in total. The molecule has 0 bridgehead atoms. The lowest BCUT2D eigenvalue weighted by atomic mass is 9.92. The number of aromatic nitrogens is 1. The van der Waals surface area contributed by atoms with Crippen LogP contribution in [0.25, 0.3) is 11.1 Å². The van der Waals surface area contributed by atoms with E-state index in [4.69, 9.17) is 10.5 Å². The lowest BCUT2D eigenvalue weighted by Gasteiger charge is -2.26. The Morgan fingerprint density at radius 1 is 1.23 bits per heavy atom. The zero-order valence-corrected chi connectivity index (χ0v) is 14.7. The number of methoxy groups -OCH3 is 1. The number of benzene rings is 1. The van der Waals surface area contributed by atoms with Gasteiger partial charge in [0.05, 0.1) is 7.11 Å². The van der Waals surface area contributed by atoms with Crippen LogP contribution in [0.3, 0.4) is 0 Å². The maximum atomic E-state index is 13.4. The number of nitrogens with one attached hydrogen (secondary N) is 2. The zero-order chi connectivity index (χ0) is 18.5. The lowest BCUT2D eigenvalue weighted by Crippen LogP contribution is -2.42. The van der Waals surface area contributed by atoms with Crippen molar-refractivity contribution in [2.75, 3.05) is 12.4 Å². The van der Waals surface area contributed by atoms with Gasteiger partial charge in [-0.3, -0.25) is 5.32 Å². The van der Waals surface area contributed by atoms with E-state index in [-0.39, 0.29) is 23.9 Å². The van der Waals surface area contributed by atoms with E-state index in [0.717, 1.165) is 36.8 Å². The molecule has 2 aromatic rings. The van der Waals surface area contributed by atoms with E-state index in [1.165, 1.54) is 19.2 Å².